The molecule has 3 aromatic carbocycles. The number of hydrogen-bond acceptors (Lipinski definition) is 7. The molecule has 42 heavy (non-hydrogen) atoms. The number of nitrogens with zero attached hydrogens (tertiary/aromatic N) is 1. The Morgan fingerprint density at radius 3 is 1.69 bits per heavy atom. The molecule has 0 radical (unpaired) electrons. The lowest BCUT2D eigenvalue weighted by molar-refractivity contribution is 0.0498. The first-order chi connectivity index (χ1) is 19.8. The molecular weight excluding hydrogens is 551 g/mol. The smallest absolute Gasteiger partial charge is 0.408 e. The molecule has 2 unspecified atom stereocenters. The SMILES string of the molecule is COc1ccc(C(NC(=O)OC(C)(C)C)C(N=C2c3ccccc3-c3ccccc32)P(=O)(OC(C)C)OC(C)C)cc1. The van der Waals surface area contributed by atoms with E-state index in [-0.39, 0.29) is 0 Å². The second-order valence-corrected chi connectivity index (χ2v) is 13.8. The molecule has 1 N–H and O–H groups in total. The fraction of sp³-hybridized carbons (Fsp3) is 0.394. The Hall–Kier alpha value is -3.45. The molecule has 2 atom stereocenters. The third-order valence-electron chi connectivity index (χ3n) is 6.40. The molecule has 0 aliphatic heterocycles. The maximum atomic E-state index is 15.0. The van der Waals surface area contributed by atoms with Gasteiger partial charge in [-0.25, -0.2) is 4.79 Å². The lowest BCUT2D eigenvalue weighted by Gasteiger charge is -2.34. The van der Waals surface area contributed by atoms with Crippen LogP contribution >= 0.6 is 7.60 Å². The largest absolute Gasteiger partial charge is 0.497 e. The van der Waals surface area contributed by atoms with Crippen LogP contribution in [0.1, 0.15) is 71.2 Å². The van der Waals surface area contributed by atoms with Crippen molar-refractivity contribution < 1.29 is 27.9 Å². The van der Waals surface area contributed by atoms with E-state index in [1.165, 1.54) is 0 Å². The van der Waals surface area contributed by atoms with Crippen molar-refractivity contribution in [3.63, 3.8) is 0 Å². The van der Waals surface area contributed by atoms with Gasteiger partial charge in [-0.15, -0.1) is 0 Å². The monoisotopic (exact) mass is 592 g/mol. The van der Waals surface area contributed by atoms with Gasteiger partial charge >= 0.3 is 13.7 Å². The summed E-state index contributed by atoms with van der Waals surface area (Å²) in [4.78, 5) is 18.5. The topological polar surface area (TPSA) is 95.5 Å². The molecule has 0 heterocycles. The van der Waals surface area contributed by atoms with Crippen molar-refractivity contribution in [2.24, 2.45) is 4.99 Å². The minimum atomic E-state index is -4.05. The number of methoxy groups -OCH3 is 1. The number of alkyl carbamates (subject to hydrolysis) is 1. The molecule has 8 nitrogen and oxygen atoms in total. The van der Waals surface area contributed by atoms with Crippen LogP contribution in [-0.2, 0) is 18.3 Å². The molecule has 4 rings (SSSR count). The van der Waals surface area contributed by atoms with Crippen LogP contribution in [-0.4, -0.2) is 42.5 Å². The van der Waals surface area contributed by atoms with Crippen LogP contribution in [0.2, 0.25) is 0 Å². The summed E-state index contributed by atoms with van der Waals surface area (Å²) in [5.74, 6) is -0.534. The van der Waals surface area contributed by atoms with Crippen LogP contribution in [0.15, 0.2) is 77.8 Å². The van der Waals surface area contributed by atoms with Gasteiger partial charge in [0.05, 0.1) is 31.1 Å². The Labute approximate surface area is 249 Å². The zero-order valence-corrected chi connectivity index (χ0v) is 26.5. The van der Waals surface area contributed by atoms with E-state index in [2.05, 4.69) is 5.32 Å². The van der Waals surface area contributed by atoms with Gasteiger partial charge in [-0.3, -0.25) is 9.56 Å². The first-order valence-electron chi connectivity index (χ1n) is 14.2. The third-order valence-corrected chi connectivity index (χ3v) is 8.89. The molecule has 0 fully saturated rings. The summed E-state index contributed by atoms with van der Waals surface area (Å²) in [6.07, 6.45) is -1.57. The lowest BCUT2D eigenvalue weighted by Crippen LogP contribution is -2.40. The number of fused-ring (bicyclic) bond motifs is 3. The summed E-state index contributed by atoms with van der Waals surface area (Å²) in [7, 11) is -2.48. The Morgan fingerprint density at radius 1 is 0.786 bits per heavy atom. The number of carbonyl (C=O) groups excluding carboxylic acids is 1. The molecule has 0 saturated heterocycles. The highest BCUT2D eigenvalue weighted by Gasteiger charge is 2.46. The highest BCUT2D eigenvalue weighted by Crippen LogP contribution is 2.60. The van der Waals surface area contributed by atoms with E-state index in [0.717, 1.165) is 22.3 Å². The minimum Gasteiger partial charge on any atom is -0.497 e. The van der Waals surface area contributed by atoms with Gasteiger partial charge in [0.25, 0.3) is 0 Å². The predicted octanol–water partition coefficient (Wildman–Crippen LogP) is 8.15. The Bertz CT molecular complexity index is 1410. The van der Waals surface area contributed by atoms with E-state index in [9.17, 15) is 9.36 Å². The molecule has 1 aliphatic rings. The van der Waals surface area contributed by atoms with Gasteiger partial charge in [-0.1, -0.05) is 60.7 Å². The first-order valence-corrected chi connectivity index (χ1v) is 15.8. The van der Waals surface area contributed by atoms with Crippen molar-refractivity contribution in [3.8, 4) is 16.9 Å². The fourth-order valence-corrected chi connectivity index (χ4v) is 7.25. The van der Waals surface area contributed by atoms with Crippen molar-refractivity contribution >= 4 is 19.4 Å². The first kappa shape index (κ1) is 31.5. The van der Waals surface area contributed by atoms with E-state index in [1.807, 2.05) is 48.5 Å². The van der Waals surface area contributed by atoms with Crippen LogP contribution in [0, 0.1) is 0 Å². The van der Waals surface area contributed by atoms with E-state index < -0.39 is 43.3 Å². The van der Waals surface area contributed by atoms with Crippen LogP contribution < -0.4 is 10.1 Å². The molecule has 0 spiro atoms. The number of aliphatic imine (C=N–C) groups is 1. The van der Waals surface area contributed by atoms with Crippen molar-refractivity contribution in [2.75, 3.05) is 7.11 Å². The predicted molar refractivity (Wildman–Crippen MR) is 166 cm³/mol. The lowest BCUT2D eigenvalue weighted by atomic mass is 10.1. The van der Waals surface area contributed by atoms with E-state index in [0.29, 0.717) is 17.0 Å². The highest BCUT2D eigenvalue weighted by atomic mass is 31.2. The van der Waals surface area contributed by atoms with Crippen LogP contribution in [0.25, 0.3) is 11.1 Å². The van der Waals surface area contributed by atoms with Crippen LogP contribution in [0.5, 0.6) is 5.75 Å². The molecule has 1 amide bonds. The summed E-state index contributed by atoms with van der Waals surface area (Å²) < 4.78 is 38.3. The van der Waals surface area contributed by atoms with Gasteiger partial charge in [-0.05, 0) is 77.3 Å². The summed E-state index contributed by atoms with van der Waals surface area (Å²) in [5.41, 5.74) is 4.37. The van der Waals surface area contributed by atoms with E-state index in [1.54, 1.807) is 79.8 Å². The van der Waals surface area contributed by atoms with Gasteiger partial charge in [0.15, 0.2) is 5.78 Å². The maximum Gasteiger partial charge on any atom is 0.408 e. The summed E-state index contributed by atoms with van der Waals surface area (Å²) in [6.45, 7) is 12.5. The molecule has 9 heteroatoms. The Balaban J connectivity index is 1.98. The minimum absolute atomic E-state index is 0.446. The quantitative estimate of drug-likeness (QED) is 0.187. The highest BCUT2D eigenvalue weighted by molar-refractivity contribution is 7.54. The molecule has 224 valence electrons. The van der Waals surface area contributed by atoms with E-state index in [4.69, 9.17) is 23.5 Å². The number of hydrogen-bond donors (Lipinski definition) is 1. The van der Waals surface area contributed by atoms with Gasteiger partial charge in [0.1, 0.15) is 11.4 Å². The molecular formula is C33H41N2O6P. The molecule has 3 aromatic rings. The number of benzene rings is 3. The normalized spacial score (nSPS) is 14.3. The number of amides is 1. The van der Waals surface area contributed by atoms with E-state index >= 15 is 0 Å². The Kier molecular flexibility index (Phi) is 9.61. The summed E-state index contributed by atoms with van der Waals surface area (Å²) in [6, 6.07) is 22.2. The summed E-state index contributed by atoms with van der Waals surface area (Å²) in [5, 5.41) is 2.96. The van der Waals surface area contributed by atoms with Crippen molar-refractivity contribution in [2.45, 2.75) is 78.1 Å². The van der Waals surface area contributed by atoms with Crippen molar-refractivity contribution in [3.05, 3.63) is 89.5 Å². The van der Waals surface area contributed by atoms with Crippen LogP contribution in [0.3, 0.4) is 0 Å². The second kappa shape index (κ2) is 12.8. The third kappa shape index (κ3) is 7.30. The van der Waals surface area contributed by atoms with Gasteiger partial charge in [0, 0.05) is 11.1 Å². The molecule has 0 aromatic heterocycles. The fourth-order valence-electron chi connectivity index (χ4n) is 4.91. The standard InChI is InChI=1S/C33H41N2O6P/c1-21(2)40-42(37,41-22(3)4)31(34-30-27-15-11-9-13-25(27)26-14-10-12-16-28(26)30)29(35-32(36)39-33(5,6)7)23-17-19-24(38-8)20-18-23/h9-22,29,31H,1-8H3,(H,35,36). The molecule has 0 saturated carbocycles. The van der Waals surface area contributed by atoms with Gasteiger partial charge < -0.3 is 23.8 Å². The Morgan fingerprint density at radius 2 is 1.26 bits per heavy atom. The number of rotatable bonds is 10. The maximum absolute atomic E-state index is 15.0. The second-order valence-electron chi connectivity index (χ2n) is 11.7. The average molecular weight is 593 g/mol. The number of nitrogens with one attached hydrogen (secondary N) is 1. The summed E-state index contributed by atoms with van der Waals surface area (Å²) >= 11 is 0. The van der Waals surface area contributed by atoms with Gasteiger partial charge in [-0.2, -0.15) is 0 Å². The number of ether oxygens (including phenoxy) is 2. The van der Waals surface area contributed by atoms with Crippen LogP contribution in [0.4, 0.5) is 4.79 Å². The van der Waals surface area contributed by atoms with Crippen molar-refractivity contribution in [1.82, 2.24) is 5.32 Å². The number of carbonyl (C=O) groups is 1. The van der Waals surface area contributed by atoms with Gasteiger partial charge in [0.2, 0.25) is 0 Å². The molecule has 1 aliphatic carbocycles. The molecule has 0 bridgehead atoms. The zero-order valence-electron chi connectivity index (χ0n) is 25.6. The zero-order chi connectivity index (χ0) is 30.7. The average Bonchev–Trinajstić information content (AvgIpc) is 3.22. The van der Waals surface area contributed by atoms with Crippen molar-refractivity contribution in [1.29, 1.82) is 0 Å².